The highest BCUT2D eigenvalue weighted by molar-refractivity contribution is 5.80. The average Bonchev–Trinajstić information content (AvgIpc) is 2.70. The summed E-state index contributed by atoms with van der Waals surface area (Å²) >= 11 is 0. The molecule has 2 N–H and O–H groups in total. The number of para-hydroxylation sites is 2. The van der Waals surface area contributed by atoms with E-state index in [1.807, 2.05) is 30.3 Å². The third-order valence-corrected chi connectivity index (χ3v) is 4.30. The van der Waals surface area contributed by atoms with Crippen molar-refractivity contribution in [2.24, 2.45) is 4.99 Å². The minimum absolute atomic E-state index is 0.330. The highest BCUT2D eigenvalue weighted by atomic mass is 16.5. The number of rotatable bonds is 5. The van der Waals surface area contributed by atoms with E-state index in [4.69, 9.17) is 4.74 Å². The Balaban J connectivity index is 1.44. The number of aliphatic imine (C=N–C) groups is 1. The molecule has 0 saturated carbocycles. The predicted molar refractivity (Wildman–Crippen MR) is 103 cm³/mol. The lowest BCUT2D eigenvalue weighted by Gasteiger charge is -2.37. The van der Waals surface area contributed by atoms with Crippen LogP contribution in [0.5, 0.6) is 11.5 Å². The van der Waals surface area contributed by atoms with E-state index in [2.05, 4.69) is 25.1 Å². The van der Waals surface area contributed by atoms with Gasteiger partial charge in [-0.25, -0.2) is 0 Å². The maximum absolute atomic E-state index is 10.0. The van der Waals surface area contributed by atoms with Crippen LogP contribution in [0.2, 0.25) is 0 Å². The van der Waals surface area contributed by atoms with Crippen molar-refractivity contribution in [2.45, 2.75) is 0 Å². The highest BCUT2D eigenvalue weighted by Gasteiger charge is 2.21. The molecule has 138 valence electrons. The van der Waals surface area contributed by atoms with Crippen LogP contribution in [-0.2, 0) is 0 Å². The van der Waals surface area contributed by atoms with Crippen molar-refractivity contribution in [2.75, 3.05) is 51.3 Å². The minimum atomic E-state index is 0.330. The van der Waals surface area contributed by atoms with E-state index in [9.17, 15) is 5.11 Å². The van der Waals surface area contributed by atoms with E-state index in [-0.39, 0.29) is 0 Å². The van der Waals surface area contributed by atoms with E-state index in [1.165, 1.54) is 0 Å². The van der Waals surface area contributed by atoms with Gasteiger partial charge in [0.2, 0.25) is 0 Å². The van der Waals surface area contributed by atoms with Gasteiger partial charge in [0.1, 0.15) is 18.1 Å². The maximum Gasteiger partial charge on any atom is 0.193 e. The van der Waals surface area contributed by atoms with Crippen molar-refractivity contribution >= 4 is 11.6 Å². The first kappa shape index (κ1) is 17.8. The number of hydrogen-bond donors (Lipinski definition) is 2. The first-order valence-corrected chi connectivity index (χ1v) is 8.79. The molecule has 0 unspecified atom stereocenters. The number of nitrogens with one attached hydrogen (secondary N) is 1. The number of ether oxygens (including phenoxy) is 1. The maximum atomic E-state index is 10.0. The molecule has 2 aromatic rings. The molecule has 7 heteroatoms. The zero-order valence-corrected chi connectivity index (χ0v) is 15.0. The van der Waals surface area contributed by atoms with E-state index >= 15 is 0 Å². The van der Waals surface area contributed by atoms with Gasteiger partial charge in [0.15, 0.2) is 5.96 Å². The Kier molecular flexibility index (Phi) is 6.14. The molecule has 0 aliphatic carbocycles. The van der Waals surface area contributed by atoms with Crippen LogP contribution in [0.4, 0.5) is 5.69 Å². The van der Waals surface area contributed by atoms with Gasteiger partial charge in [0.25, 0.3) is 0 Å². The molecule has 1 saturated heterocycles. The molecule has 26 heavy (non-hydrogen) atoms. The first-order chi connectivity index (χ1) is 12.8. The lowest BCUT2D eigenvalue weighted by atomic mass is 10.2. The molecule has 1 aromatic heterocycles. The number of phenolic OH excluding ortho intramolecular Hbond substituents is 1. The molecule has 0 radical (unpaired) electrons. The molecular formula is C19H25N5O2. The lowest BCUT2D eigenvalue weighted by molar-refractivity contribution is 0.313. The number of aromatic hydroxyl groups is 1. The molecule has 1 fully saturated rings. The molecule has 0 bridgehead atoms. The normalized spacial score (nSPS) is 15.0. The van der Waals surface area contributed by atoms with Crippen LogP contribution in [0.1, 0.15) is 0 Å². The summed E-state index contributed by atoms with van der Waals surface area (Å²) in [5.41, 5.74) is 0.889. The fraction of sp³-hybridized carbons (Fsp3) is 0.368. The van der Waals surface area contributed by atoms with Gasteiger partial charge in [-0.2, -0.15) is 0 Å². The van der Waals surface area contributed by atoms with Crippen molar-refractivity contribution in [3.63, 3.8) is 0 Å². The number of anilines is 1. The summed E-state index contributed by atoms with van der Waals surface area (Å²) in [5.74, 6) is 1.97. The van der Waals surface area contributed by atoms with Crippen LogP contribution in [0.15, 0.2) is 53.8 Å². The third kappa shape index (κ3) is 4.56. The largest absolute Gasteiger partial charge is 0.506 e. The van der Waals surface area contributed by atoms with Gasteiger partial charge >= 0.3 is 0 Å². The molecule has 0 atom stereocenters. The Labute approximate surface area is 153 Å². The van der Waals surface area contributed by atoms with Crippen molar-refractivity contribution in [3.05, 3.63) is 48.8 Å². The Bertz CT molecular complexity index is 715. The number of piperazine rings is 1. The van der Waals surface area contributed by atoms with Crippen molar-refractivity contribution in [3.8, 4) is 11.5 Å². The summed E-state index contributed by atoms with van der Waals surface area (Å²) in [4.78, 5) is 12.8. The zero-order valence-electron chi connectivity index (χ0n) is 15.0. The number of benzene rings is 1. The third-order valence-electron chi connectivity index (χ3n) is 4.30. The fourth-order valence-electron chi connectivity index (χ4n) is 2.99. The second-order valence-corrected chi connectivity index (χ2v) is 5.97. The molecule has 7 nitrogen and oxygen atoms in total. The monoisotopic (exact) mass is 355 g/mol. The highest BCUT2D eigenvalue weighted by Crippen LogP contribution is 2.27. The van der Waals surface area contributed by atoms with Crippen molar-refractivity contribution in [1.29, 1.82) is 0 Å². The van der Waals surface area contributed by atoms with E-state index in [0.29, 0.717) is 18.9 Å². The Morgan fingerprint density at radius 2 is 2.00 bits per heavy atom. The Morgan fingerprint density at radius 3 is 2.69 bits per heavy atom. The van der Waals surface area contributed by atoms with Crippen LogP contribution in [0.3, 0.4) is 0 Å². The van der Waals surface area contributed by atoms with Crippen LogP contribution < -0.4 is 15.0 Å². The summed E-state index contributed by atoms with van der Waals surface area (Å²) in [5, 5.41) is 13.3. The number of pyridine rings is 1. The van der Waals surface area contributed by atoms with Crippen LogP contribution in [0.25, 0.3) is 0 Å². The number of guanidine groups is 1. The fourth-order valence-corrected chi connectivity index (χ4v) is 2.99. The number of nitrogens with zero attached hydrogens (tertiary/aromatic N) is 4. The van der Waals surface area contributed by atoms with Gasteiger partial charge in [-0.15, -0.1) is 0 Å². The van der Waals surface area contributed by atoms with Crippen LogP contribution in [-0.4, -0.2) is 67.3 Å². The molecular weight excluding hydrogens is 330 g/mol. The van der Waals surface area contributed by atoms with E-state index in [1.54, 1.807) is 25.5 Å². The Hall–Kier alpha value is -2.96. The number of hydrogen-bond acceptors (Lipinski definition) is 5. The van der Waals surface area contributed by atoms with E-state index in [0.717, 1.165) is 43.6 Å². The second kappa shape index (κ2) is 8.94. The topological polar surface area (TPSA) is 73.2 Å². The first-order valence-electron chi connectivity index (χ1n) is 8.79. The van der Waals surface area contributed by atoms with Gasteiger partial charge in [-0.3, -0.25) is 9.98 Å². The summed E-state index contributed by atoms with van der Waals surface area (Å²) in [6, 6.07) is 11.2. The lowest BCUT2D eigenvalue weighted by Crippen LogP contribution is -2.53. The summed E-state index contributed by atoms with van der Waals surface area (Å²) < 4.78 is 5.64. The van der Waals surface area contributed by atoms with Gasteiger partial charge in [0.05, 0.1) is 18.4 Å². The van der Waals surface area contributed by atoms with Crippen LogP contribution in [0, 0.1) is 0 Å². The molecule has 2 heterocycles. The molecule has 1 aliphatic heterocycles. The van der Waals surface area contributed by atoms with E-state index < -0.39 is 0 Å². The van der Waals surface area contributed by atoms with Crippen molar-refractivity contribution < 1.29 is 9.84 Å². The molecule has 1 aliphatic rings. The predicted octanol–water partition coefficient (Wildman–Crippen LogP) is 1.56. The van der Waals surface area contributed by atoms with Gasteiger partial charge in [-0.1, -0.05) is 12.1 Å². The van der Waals surface area contributed by atoms with Crippen LogP contribution >= 0.6 is 0 Å². The summed E-state index contributed by atoms with van der Waals surface area (Å²) in [7, 11) is 1.79. The average molecular weight is 355 g/mol. The summed E-state index contributed by atoms with van der Waals surface area (Å²) in [6.07, 6.45) is 3.43. The molecule has 0 amide bonds. The molecule has 1 aromatic carbocycles. The standard InChI is InChI=1S/C19H25N5O2/c1-20-19(22-9-14-26-16-5-4-8-21-15-16)24-12-10-23(11-13-24)17-6-2-3-7-18(17)25/h2-8,15,25H,9-14H2,1H3,(H,20,22). The molecule has 3 rings (SSSR count). The van der Waals surface area contributed by atoms with Gasteiger partial charge in [0, 0.05) is 39.4 Å². The smallest absolute Gasteiger partial charge is 0.193 e. The second-order valence-electron chi connectivity index (χ2n) is 5.97. The Morgan fingerprint density at radius 1 is 1.19 bits per heavy atom. The number of phenols is 1. The SMILES string of the molecule is CN=C(NCCOc1cccnc1)N1CCN(c2ccccc2O)CC1. The quantitative estimate of drug-likeness (QED) is 0.482. The zero-order chi connectivity index (χ0) is 18.2. The molecule has 0 spiro atoms. The minimum Gasteiger partial charge on any atom is -0.506 e. The van der Waals surface area contributed by atoms with Crippen molar-refractivity contribution in [1.82, 2.24) is 15.2 Å². The van der Waals surface area contributed by atoms with Gasteiger partial charge in [-0.05, 0) is 24.3 Å². The van der Waals surface area contributed by atoms with Gasteiger partial charge < -0.3 is 25.0 Å². The summed E-state index contributed by atoms with van der Waals surface area (Å²) in [6.45, 7) is 4.58. The number of aromatic nitrogens is 1.